The van der Waals surface area contributed by atoms with Gasteiger partial charge in [-0.3, -0.25) is 0 Å². The molecule has 1 N–H and O–H groups in total. The third-order valence-corrected chi connectivity index (χ3v) is 4.64. The molecule has 0 bridgehead atoms. The van der Waals surface area contributed by atoms with E-state index in [1.807, 2.05) is 0 Å². The fourth-order valence-corrected chi connectivity index (χ4v) is 3.54. The summed E-state index contributed by atoms with van der Waals surface area (Å²) in [5, 5.41) is 3.83. The Morgan fingerprint density at radius 1 is 1.10 bits per heavy atom. The van der Waals surface area contributed by atoms with E-state index in [1.165, 1.54) is 62.5 Å². The largest absolute Gasteiger partial charge is 0.310 e. The summed E-state index contributed by atoms with van der Waals surface area (Å²) in [4.78, 5) is 0. The van der Waals surface area contributed by atoms with Crippen LogP contribution in [0.15, 0.2) is 24.3 Å². The second-order valence-electron chi connectivity index (χ2n) is 6.45. The maximum Gasteiger partial charge on any atom is 0.0348 e. The number of hydrogen-bond donors (Lipinski definition) is 1. The normalized spacial score (nSPS) is 19.3. The van der Waals surface area contributed by atoms with Crippen LogP contribution in [-0.4, -0.2) is 6.54 Å². The lowest BCUT2D eigenvalue weighted by molar-refractivity contribution is 0.288. The topological polar surface area (TPSA) is 12.0 Å². The molecular weight excluding hydrogens is 242 g/mol. The Morgan fingerprint density at radius 3 is 2.45 bits per heavy atom. The summed E-state index contributed by atoms with van der Waals surface area (Å²) in [7, 11) is 0. The molecule has 0 aliphatic heterocycles. The van der Waals surface area contributed by atoms with Crippen molar-refractivity contribution in [3.8, 4) is 0 Å². The van der Waals surface area contributed by atoms with Crippen molar-refractivity contribution in [2.75, 3.05) is 6.54 Å². The van der Waals surface area contributed by atoms with Gasteiger partial charge in [0.05, 0.1) is 0 Å². The molecule has 0 amide bonds. The standard InChI is InChI=1S/C19H31N/c1-3-14-20-19(18-13-9-10-16(2)15-18)17-11-7-5-4-6-8-12-17/h9-10,13,15,17,19-20H,3-8,11-12,14H2,1-2H3. The molecule has 1 atom stereocenters. The summed E-state index contributed by atoms with van der Waals surface area (Å²) >= 11 is 0. The summed E-state index contributed by atoms with van der Waals surface area (Å²) in [6.45, 7) is 5.60. The van der Waals surface area contributed by atoms with Gasteiger partial charge in [0, 0.05) is 6.04 Å². The Labute approximate surface area is 125 Å². The summed E-state index contributed by atoms with van der Waals surface area (Å²) in [5.74, 6) is 0.823. The summed E-state index contributed by atoms with van der Waals surface area (Å²) < 4.78 is 0. The van der Waals surface area contributed by atoms with E-state index < -0.39 is 0 Å². The fourth-order valence-electron chi connectivity index (χ4n) is 3.54. The van der Waals surface area contributed by atoms with Crippen LogP contribution in [0.1, 0.15) is 75.5 Å². The van der Waals surface area contributed by atoms with Crippen LogP contribution in [0.4, 0.5) is 0 Å². The van der Waals surface area contributed by atoms with Crippen LogP contribution in [0.2, 0.25) is 0 Å². The van der Waals surface area contributed by atoms with Crippen molar-refractivity contribution >= 4 is 0 Å². The van der Waals surface area contributed by atoms with E-state index in [-0.39, 0.29) is 0 Å². The molecule has 0 heterocycles. The molecule has 1 heteroatoms. The van der Waals surface area contributed by atoms with Crippen molar-refractivity contribution in [2.45, 2.75) is 71.3 Å². The van der Waals surface area contributed by atoms with Gasteiger partial charge in [-0.1, -0.05) is 68.9 Å². The van der Waals surface area contributed by atoms with Crippen molar-refractivity contribution in [1.82, 2.24) is 5.32 Å². The zero-order chi connectivity index (χ0) is 14.2. The average molecular weight is 273 g/mol. The van der Waals surface area contributed by atoms with Gasteiger partial charge in [-0.25, -0.2) is 0 Å². The van der Waals surface area contributed by atoms with Crippen LogP contribution in [0.25, 0.3) is 0 Å². The van der Waals surface area contributed by atoms with Crippen LogP contribution in [0, 0.1) is 12.8 Å². The zero-order valence-corrected chi connectivity index (χ0v) is 13.3. The number of aryl methyl sites for hydroxylation is 1. The molecule has 1 aromatic carbocycles. The van der Waals surface area contributed by atoms with Crippen LogP contribution >= 0.6 is 0 Å². The lowest BCUT2D eigenvalue weighted by Crippen LogP contribution is -2.29. The highest BCUT2D eigenvalue weighted by Gasteiger charge is 2.23. The van der Waals surface area contributed by atoms with Gasteiger partial charge in [-0.2, -0.15) is 0 Å². The van der Waals surface area contributed by atoms with E-state index in [9.17, 15) is 0 Å². The van der Waals surface area contributed by atoms with Gasteiger partial charge in [0.25, 0.3) is 0 Å². The SMILES string of the molecule is CCCNC(c1cccc(C)c1)C1CCCCCCC1. The van der Waals surface area contributed by atoms with Crippen molar-refractivity contribution in [3.05, 3.63) is 35.4 Å². The summed E-state index contributed by atoms with van der Waals surface area (Å²) in [6, 6.07) is 9.69. The van der Waals surface area contributed by atoms with Gasteiger partial charge in [0.1, 0.15) is 0 Å². The Hall–Kier alpha value is -0.820. The maximum atomic E-state index is 3.83. The van der Waals surface area contributed by atoms with E-state index >= 15 is 0 Å². The molecule has 1 fully saturated rings. The Kier molecular flexibility index (Phi) is 6.59. The van der Waals surface area contributed by atoms with Crippen LogP contribution < -0.4 is 5.32 Å². The smallest absolute Gasteiger partial charge is 0.0348 e. The first kappa shape index (κ1) is 15.6. The highest BCUT2D eigenvalue weighted by Crippen LogP contribution is 2.33. The number of rotatable bonds is 5. The first-order chi connectivity index (χ1) is 9.81. The van der Waals surface area contributed by atoms with E-state index in [2.05, 4.69) is 43.4 Å². The van der Waals surface area contributed by atoms with Gasteiger partial charge < -0.3 is 5.32 Å². The molecular formula is C19H31N. The molecule has 112 valence electrons. The number of benzene rings is 1. The number of nitrogens with one attached hydrogen (secondary N) is 1. The summed E-state index contributed by atoms with van der Waals surface area (Å²) in [6.07, 6.45) is 11.2. The van der Waals surface area contributed by atoms with Crippen molar-refractivity contribution in [2.24, 2.45) is 5.92 Å². The van der Waals surface area contributed by atoms with Crippen molar-refractivity contribution < 1.29 is 0 Å². The van der Waals surface area contributed by atoms with E-state index in [1.54, 1.807) is 0 Å². The highest BCUT2D eigenvalue weighted by atomic mass is 14.9. The molecule has 1 aliphatic rings. The van der Waals surface area contributed by atoms with E-state index in [0.29, 0.717) is 6.04 Å². The van der Waals surface area contributed by atoms with Crippen LogP contribution in [0.5, 0.6) is 0 Å². The third kappa shape index (κ3) is 4.63. The quantitative estimate of drug-likeness (QED) is 0.757. The average Bonchev–Trinajstić information content (AvgIpc) is 2.41. The Bertz CT molecular complexity index is 377. The predicted molar refractivity (Wildman–Crippen MR) is 88.0 cm³/mol. The maximum absolute atomic E-state index is 3.83. The highest BCUT2D eigenvalue weighted by molar-refractivity contribution is 5.25. The monoisotopic (exact) mass is 273 g/mol. The summed E-state index contributed by atoms with van der Waals surface area (Å²) in [5.41, 5.74) is 2.89. The molecule has 20 heavy (non-hydrogen) atoms. The van der Waals surface area contributed by atoms with Crippen molar-refractivity contribution in [3.63, 3.8) is 0 Å². The van der Waals surface area contributed by atoms with Gasteiger partial charge in [-0.15, -0.1) is 0 Å². The lowest BCUT2D eigenvalue weighted by atomic mass is 9.82. The minimum atomic E-state index is 0.563. The van der Waals surface area contributed by atoms with Gasteiger partial charge in [0.15, 0.2) is 0 Å². The molecule has 1 saturated carbocycles. The van der Waals surface area contributed by atoms with E-state index in [4.69, 9.17) is 0 Å². The Balaban J connectivity index is 2.12. The molecule has 0 aromatic heterocycles. The van der Waals surface area contributed by atoms with Gasteiger partial charge >= 0.3 is 0 Å². The minimum Gasteiger partial charge on any atom is -0.310 e. The first-order valence-electron chi connectivity index (χ1n) is 8.61. The molecule has 0 radical (unpaired) electrons. The third-order valence-electron chi connectivity index (χ3n) is 4.64. The zero-order valence-electron chi connectivity index (χ0n) is 13.3. The first-order valence-corrected chi connectivity index (χ1v) is 8.61. The van der Waals surface area contributed by atoms with Crippen LogP contribution in [0.3, 0.4) is 0 Å². The second kappa shape index (κ2) is 8.46. The fraction of sp³-hybridized carbons (Fsp3) is 0.684. The number of hydrogen-bond acceptors (Lipinski definition) is 1. The molecule has 2 rings (SSSR count). The minimum absolute atomic E-state index is 0.563. The Morgan fingerprint density at radius 2 is 1.80 bits per heavy atom. The van der Waals surface area contributed by atoms with Gasteiger partial charge in [0.2, 0.25) is 0 Å². The molecule has 1 nitrogen and oxygen atoms in total. The van der Waals surface area contributed by atoms with Crippen molar-refractivity contribution in [1.29, 1.82) is 0 Å². The molecule has 1 aromatic rings. The predicted octanol–water partition coefficient (Wildman–Crippen LogP) is 5.40. The molecule has 1 unspecified atom stereocenters. The second-order valence-corrected chi connectivity index (χ2v) is 6.45. The lowest BCUT2D eigenvalue weighted by Gasteiger charge is -2.30. The van der Waals surface area contributed by atoms with Crippen LogP contribution in [-0.2, 0) is 0 Å². The van der Waals surface area contributed by atoms with Gasteiger partial charge in [-0.05, 0) is 44.2 Å². The molecule has 0 saturated heterocycles. The molecule has 0 spiro atoms. The molecule has 1 aliphatic carbocycles. The van der Waals surface area contributed by atoms with E-state index in [0.717, 1.165) is 12.5 Å².